The first-order valence-electron chi connectivity index (χ1n) is 7.60. The Balaban J connectivity index is 2.28. The van der Waals surface area contributed by atoms with Crippen LogP contribution in [0.15, 0.2) is 24.3 Å². The zero-order chi connectivity index (χ0) is 16.2. The third kappa shape index (κ3) is 8.52. The Hall–Kier alpha value is -1.75. The molecule has 1 aromatic rings. The highest BCUT2D eigenvalue weighted by Gasteiger charge is 2.02. The summed E-state index contributed by atoms with van der Waals surface area (Å²) in [4.78, 5) is 22.2. The SMILES string of the molecule is NC(=O)CCCCCCc1cccc(NC(=O)NCCCl)c1. The van der Waals surface area contributed by atoms with Crippen LogP contribution in [0.3, 0.4) is 0 Å². The molecule has 0 aliphatic heterocycles. The van der Waals surface area contributed by atoms with Crippen LogP contribution in [-0.2, 0) is 11.2 Å². The van der Waals surface area contributed by atoms with E-state index in [9.17, 15) is 9.59 Å². The molecule has 0 bridgehead atoms. The summed E-state index contributed by atoms with van der Waals surface area (Å²) < 4.78 is 0. The van der Waals surface area contributed by atoms with Crippen molar-refractivity contribution < 1.29 is 9.59 Å². The van der Waals surface area contributed by atoms with E-state index in [0.29, 0.717) is 18.8 Å². The number of hydrogen-bond acceptors (Lipinski definition) is 2. The minimum atomic E-state index is -0.246. The topological polar surface area (TPSA) is 84.2 Å². The normalized spacial score (nSPS) is 10.2. The molecular weight excluding hydrogens is 302 g/mol. The van der Waals surface area contributed by atoms with Gasteiger partial charge in [0.25, 0.3) is 0 Å². The lowest BCUT2D eigenvalue weighted by Gasteiger charge is -2.08. The number of urea groups is 1. The maximum atomic E-state index is 11.6. The summed E-state index contributed by atoms with van der Waals surface area (Å²) in [6, 6.07) is 7.56. The lowest BCUT2D eigenvalue weighted by atomic mass is 10.0. The standard InChI is InChI=1S/C16H24ClN3O2/c17-10-11-19-16(22)20-14-8-5-7-13(12-14)6-3-1-2-4-9-15(18)21/h5,7-8,12H,1-4,6,9-11H2,(H2,18,21)(H2,19,20,22). The molecule has 4 N–H and O–H groups in total. The van der Waals surface area contributed by atoms with Crippen molar-refractivity contribution in [2.45, 2.75) is 38.5 Å². The maximum Gasteiger partial charge on any atom is 0.319 e. The number of carbonyl (C=O) groups is 2. The summed E-state index contributed by atoms with van der Waals surface area (Å²) >= 11 is 5.52. The van der Waals surface area contributed by atoms with Gasteiger partial charge in [-0.15, -0.1) is 11.6 Å². The Morgan fingerprint density at radius 3 is 2.64 bits per heavy atom. The van der Waals surface area contributed by atoms with Gasteiger partial charge in [0.1, 0.15) is 0 Å². The first-order valence-corrected chi connectivity index (χ1v) is 8.13. The van der Waals surface area contributed by atoms with Gasteiger partial charge < -0.3 is 16.4 Å². The first-order chi connectivity index (χ1) is 10.6. The zero-order valence-corrected chi connectivity index (χ0v) is 13.5. The van der Waals surface area contributed by atoms with Crippen LogP contribution in [0.4, 0.5) is 10.5 Å². The molecular formula is C16H24ClN3O2. The molecule has 22 heavy (non-hydrogen) atoms. The second-order valence-electron chi connectivity index (χ2n) is 5.15. The van der Waals surface area contributed by atoms with E-state index in [0.717, 1.165) is 37.8 Å². The molecule has 0 unspecified atom stereocenters. The third-order valence-electron chi connectivity index (χ3n) is 3.20. The minimum absolute atomic E-state index is 0.230. The van der Waals surface area contributed by atoms with Gasteiger partial charge in [-0.3, -0.25) is 4.79 Å². The first kappa shape index (κ1) is 18.3. The highest BCUT2D eigenvalue weighted by molar-refractivity contribution is 6.18. The van der Waals surface area contributed by atoms with Crippen LogP contribution in [0.1, 0.15) is 37.7 Å². The molecule has 1 rings (SSSR count). The van der Waals surface area contributed by atoms with Gasteiger partial charge >= 0.3 is 6.03 Å². The number of nitrogens with one attached hydrogen (secondary N) is 2. The fourth-order valence-corrected chi connectivity index (χ4v) is 2.22. The summed E-state index contributed by atoms with van der Waals surface area (Å²) in [7, 11) is 0. The average Bonchev–Trinajstić information content (AvgIpc) is 2.49. The number of halogens is 1. The fourth-order valence-electron chi connectivity index (χ4n) is 2.12. The van der Waals surface area contributed by atoms with Gasteiger partial charge in [0.2, 0.25) is 5.91 Å². The van der Waals surface area contributed by atoms with Crippen molar-refractivity contribution >= 4 is 29.2 Å². The van der Waals surface area contributed by atoms with Crippen molar-refractivity contribution in [1.29, 1.82) is 0 Å². The number of amides is 3. The molecule has 0 heterocycles. The van der Waals surface area contributed by atoms with Crippen LogP contribution in [0.5, 0.6) is 0 Å². The van der Waals surface area contributed by atoms with Gasteiger partial charge in [-0.1, -0.05) is 25.0 Å². The van der Waals surface area contributed by atoms with E-state index in [1.54, 1.807) is 0 Å². The van der Waals surface area contributed by atoms with E-state index in [4.69, 9.17) is 17.3 Å². The summed E-state index contributed by atoms with van der Waals surface area (Å²) in [5.74, 6) is 0.162. The molecule has 0 aliphatic carbocycles. The largest absolute Gasteiger partial charge is 0.370 e. The Kier molecular flexibility index (Phi) is 9.07. The predicted octanol–water partition coefficient (Wildman–Crippen LogP) is 3.03. The van der Waals surface area contributed by atoms with Crippen LogP contribution in [0, 0.1) is 0 Å². The van der Waals surface area contributed by atoms with Gasteiger partial charge in [0.05, 0.1) is 0 Å². The number of benzene rings is 1. The number of unbranched alkanes of at least 4 members (excludes halogenated alkanes) is 3. The number of hydrogen-bond donors (Lipinski definition) is 3. The minimum Gasteiger partial charge on any atom is -0.370 e. The summed E-state index contributed by atoms with van der Waals surface area (Å²) in [6.45, 7) is 0.443. The fraction of sp³-hybridized carbons (Fsp3) is 0.500. The van der Waals surface area contributed by atoms with E-state index in [-0.39, 0.29) is 11.9 Å². The van der Waals surface area contributed by atoms with E-state index in [2.05, 4.69) is 10.6 Å². The lowest BCUT2D eigenvalue weighted by molar-refractivity contribution is -0.118. The van der Waals surface area contributed by atoms with Crippen LogP contribution in [-0.4, -0.2) is 24.4 Å². The number of alkyl halides is 1. The zero-order valence-electron chi connectivity index (χ0n) is 12.7. The van der Waals surface area contributed by atoms with Gasteiger partial charge in [0.15, 0.2) is 0 Å². The van der Waals surface area contributed by atoms with Gasteiger partial charge in [0, 0.05) is 24.5 Å². The average molecular weight is 326 g/mol. The number of primary amides is 1. The number of nitrogens with two attached hydrogens (primary N) is 1. The van der Waals surface area contributed by atoms with E-state index >= 15 is 0 Å². The van der Waals surface area contributed by atoms with Gasteiger partial charge in [-0.25, -0.2) is 4.79 Å². The predicted molar refractivity (Wildman–Crippen MR) is 90.2 cm³/mol. The molecule has 0 saturated carbocycles. The molecule has 0 radical (unpaired) electrons. The molecule has 0 saturated heterocycles. The van der Waals surface area contributed by atoms with Crippen molar-refractivity contribution in [3.8, 4) is 0 Å². The van der Waals surface area contributed by atoms with Crippen molar-refractivity contribution in [1.82, 2.24) is 5.32 Å². The van der Waals surface area contributed by atoms with E-state index < -0.39 is 0 Å². The Labute approximate surface area is 136 Å². The van der Waals surface area contributed by atoms with Crippen LogP contribution < -0.4 is 16.4 Å². The molecule has 5 nitrogen and oxygen atoms in total. The third-order valence-corrected chi connectivity index (χ3v) is 3.39. The van der Waals surface area contributed by atoms with Crippen LogP contribution in [0.25, 0.3) is 0 Å². The highest BCUT2D eigenvalue weighted by Crippen LogP contribution is 2.14. The Bertz CT molecular complexity index is 480. The number of rotatable bonds is 10. The number of carbonyl (C=O) groups excluding carboxylic acids is 2. The van der Waals surface area contributed by atoms with Crippen molar-refractivity contribution in [3.63, 3.8) is 0 Å². The van der Waals surface area contributed by atoms with Gasteiger partial charge in [-0.2, -0.15) is 0 Å². The van der Waals surface area contributed by atoms with E-state index in [1.165, 1.54) is 5.56 Å². The lowest BCUT2D eigenvalue weighted by Crippen LogP contribution is -2.30. The molecule has 0 atom stereocenters. The molecule has 0 fully saturated rings. The Morgan fingerprint density at radius 2 is 1.91 bits per heavy atom. The smallest absolute Gasteiger partial charge is 0.319 e. The van der Waals surface area contributed by atoms with E-state index in [1.807, 2.05) is 24.3 Å². The summed E-state index contributed by atoms with van der Waals surface area (Å²) in [5.41, 5.74) is 7.06. The molecule has 1 aromatic carbocycles. The quantitative estimate of drug-likeness (QED) is 0.456. The number of anilines is 1. The van der Waals surface area contributed by atoms with Crippen LogP contribution >= 0.6 is 11.6 Å². The second kappa shape index (κ2) is 10.9. The number of aryl methyl sites for hydroxylation is 1. The van der Waals surface area contributed by atoms with Crippen molar-refractivity contribution in [3.05, 3.63) is 29.8 Å². The molecule has 0 spiro atoms. The van der Waals surface area contributed by atoms with Crippen LogP contribution in [0.2, 0.25) is 0 Å². The summed E-state index contributed by atoms with van der Waals surface area (Å²) in [6.07, 6.45) is 5.42. The maximum absolute atomic E-state index is 11.6. The molecule has 0 aromatic heterocycles. The second-order valence-corrected chi connectivity index (χ2v) is 5.53. The highest BCUT2D eigenvalue weighted by atomic mass is 35.5. The molecule has 3 amide bonds. The van der Waals surface area contributed by atoms with Crippen molar-refractivity contribution in [2.24, 2.45) is 5.73 Å². The summed E-state index contributed by atoms with van der Waals surface area (Å²) in [5, 5.41) is 5.44. The molecule has 6 heteroatoms. The Morgan fingerprint density at radius 1 is 1.14 bits per heavy atom. The van der Waals surface area contributed by atoms with Crippen molar-refractivity contribution in [2.75, 3.05) is 17.7 Å². The molecule has 122 valence electrons. The monoisotopic (exact) mass is 325 g/mol. The molecule has 0 aliphatic rings. The van der Waals surface area contributed by atoms with Gasteiger partial charge in [-0.05, 0) is 37.0 Å².